The molecule has 0 aliphatic rings. The van der Waals surface area contributed by atoms with Crippen molar-refractivity contribution >= 4 is 23.6 Å². The molecule has 0 spiro atoms. The van der Waals surface area contributed by atoms with Crippen molar-refractivity contribution in [3.63, 3.8) is 0 Å². The summed E-state index contributed by atoms with van der Waals surface area (Å²) in [5.74, 6) is -0.346. The van der Waals surface area contributed by atoms with Crippen LogP contribution >= 0.6 is 11.8 Å². The van der Waals surface area contributed by atoms with Crippen molar-refractivity contribution in [3.8, 4) is 0 Å². The summed E-state index contributed by atoms with van der Waals surface area (Å²) in [6, 6.07) is 0.111. The van der Waals surface area contributed by atoms with Crippen LogP contribution in [0.2, 0.25) is 0 Å². The maximum atomic E-state index is 12.5. The highest BCUT2D eigenvalue weighted by molar-refractivity contribution is 8.00. The Labute approximate surface area is 133 Å². The van der Waals surface area contributed by atoms with Crippen LogP contribution in [0, 0.1) is 11.3 Å². The molecule has 1 atom stereocenters. The fraction of sp³-hybridized carbons (Fsp3) is 0.875. The first-order valence-electron chi connectivity index (χ1n) is 7.51. The lowest BCUT2D eigenvalue weighted by molar-refractivity contribution is -0.136. The minimum absolute atomic E-state index is 0.0453. The number of nitrogens with one attached hydrogen (secondary N) is 1. The molecule has 0 bridgehead atoms. The summed E-state index contributed by atoms with van der Waals surface area (Å²) in [4.78, 5) is 23.2. The van der Waals surface area contributed by atoms with Crippen molar-refractivity contribution in [2.24, 2.45) is 11.3 Å². The van der Waals surface area contributed by atoms with Crippen molar-refractivity contribution in [2.75, 3.05) is 5.75 Å². The molecule has 0 aliphatic carbocycles. The van der Waals surface area contributed by atoms with Crippen molar-refractivity contribution < 1.29 is 14.7 Å². The molecule has 21 heavy (non-hydrogen) atoms. The van der Waals surface area contributed by atoms with Crippen LogP contribution < -0.4 is 5.32 Å². The Kier molecular flexibility index (Phi) is 7.79. The topological polar surface area (TPSA) is 66.4 Å². The van der Waals surface area contributed by atoms with Gasteiger partial charge in [-0.05, 0) is 39.5 Å². The van der Waals surface area contributed by atoms with E-state index in [9.17, 15) is 9.59 Å². The van der Waals surface area contributed by atoms with E-state index in [0.717, 1.165) is 6.42 Å². The van der Waals surface area contributed by atoms with Gasteiger partial charge in [-0.2, -0.15) is 11.8 Å². The number of aliphatic carboxylic acids is 1. The molecule has 0 heterocycles. The zero-order valence-corrected chi connectivity index (χ0v) is 15.3. The molecule has 0 rings (SSSR count). The van der Waals surface area contributed by atoms with Crippen LogP contribution in [0.4, 0.5) is 0 Å². The maximum absolute atomic E-state index is 12.5. The lowest BCUT2D eigenvalue weighted by Crippen LogP contribution is -2.45. The molecule has 1 unspecified atom stereocenters. The van der Waals surface area contributed by atoms with Crippen LogP contribution in [0.3, 0.4) is 0 Å². The molecule has 0 fully saturated rings. The summed E-state index contributed by atoms with van der Waals surface area (Å²) in [7, 11) is 0. The fourth-order valence-electron chi connectivity index (χ4n) is 2.15. The standard InChI is InChI=1S/C16H31NO3S/c1-11(2)17-14(20)12(10-15(3,4)5)16(6,7)21-9-8-13(18)19/h11-12H,8-10H2,1-7H3,(H,17,20)(H,18,19). The third-order valence-electron chi connectivity index (χ3n) is 3.19. The molecule has 0 radical (unpaired) electrons. The lowest BCUT2D eigenvalue weighted by atomic mass is 9.78. The first kappa shape index (κ1) is 20.3. The van der Waals surface area contributed by atoms with Crippen molar-refractivity contribution in [1.29, 1.82) is 0 Å². The smallest absolute Gasteiger partial charge is 0.304 e. The van der Waals surface area contributed by atoms with E-state index in [0.29, 0.717) is 5.75 Å². The molecular formula is C16H31NO3S. The average molecular weight is 317 g/mol. The molecule has 0 saturated heterocycles. The van der Waals surface area contributed by atoms with Gasteiger partial charge >= 0.3 is 5.97 Å². The number of carboxylic acids is 1. The van der Waals surface area contributed by atoms with Gasteiger partial charge in [-0.25, -0.2) is 0 Å². The van der Waals surface area contributed by atoms with Crippen LogP contribution in [0.25, 0.3) is 0 Å². The van der Waals surface area contributed by atoms with Crippen LogP contribution in [0.1, 0.15) is 61.3 Å². The van der Waals surface area contributed by atoms with Crippen LogP contribution in [0.5, 0.6) is 0 Å². The van der Waals surface area contributed by atoms with Crippen LogP contribution in [-0.4, -0.2) is 33.5 Å². The average Bonchev–Trinajstić information content (AvgIpc) is 2.22. The predicted octanol–water partition coefficient (Wildman–Crippen LogP) is 3.55. The predicted molar refractivity (Wildman–Crippen MR) is 89.6 cm³/mol. The second kappa shape index (κ2) is 8.06. The van der Waals surface area contributed by atoms with Crippen LogP contribution in [-0.2, 0) is 9.59 Å². The molecule has 0 saturated carbocycles. The SMILES string of the molecule is CC(C)NC(=O)C(CC(C)(C)C)C(C)(C)SCCC(=O)O. The van der Waals surface area contributed by atoms with Gasteiger partial charge in [-0.3, -0.25) is 9.59 Å². The Bertz CT molecular complexity index is 359. The van der Waals surface area contributed by atoms with E-state index in [1.165, 1.54) is 0 Å². The molecule has 0 aliphatic heterocycles. The molecule has 124 valence electrons. The van der Waals surface area contributed by atoms with Crippen molar-refractivity contribution in [1.82, 2.24) is 5.32 Å². The molecule has 4 nitrogen and oxygen atoms in total. The van der Waals surface area contributed by atoms with Crippen LogP contribution in [0.15, 0.2) is 0 Å². The van der Waals surface area contributed by atoms with Gasteiger partial charge in [0.05, 0.1) is 12.3 Å². The van der Waals surface area contributed by atoms with E-state index in [-0.39, 0.29) is 34.4 Å². The van der Waals surface area contributed by atoms with E-state index in [2.05, 4.69) is 26.1 Å². The van der Waals surface area contributed by atoms with E-state index in [1.54, 1.807) is 11.8 Å². The first-order chi connectivity index (χ1) is 9.35. The highest BCUT2D eigenvalue weighted by Gasteiger charge is 2.38. The van der Waals surface area contributed by atoms with Gasteiger partial charge in [0.2, 0.25) is 5.91 Å². The Hall–Kier alpha value is -0.710. The summed E-state index contributed by atoms with van der Waals surface area (Å²) < 4.78 is -0.290. The third-order valence-corrected chi connectivity index (χ3v) is 4.63. The summed E-state index contributed by atoms with van der Waals surface area (Å²) in [5, 5.41) is 11.8. The number of rotatable bonds is 8. The fourth-order valence-corrected chi connectivity index (χ4v) is 3.35. The van der Waals surface area contributed by atoms with Gasteiger partial charge in [-0.1, -0.05) is 20.8 Å². The van der Waals surface area contributed by atoms with Gasteiger partial charge in [0.1, 0.15) is 0 Å². The second-order valence-corrected chi connectivity index (χ2v) is 9.33. The number of hydrogen-bond acceptors (Lipinski definition) is 3. The van der Waals surface area contributed by atoms with E-state index >= 15 is 0 Å². The Morgan fingerprint density at radius 1 is 1.14 bits per heavy atom. The van der Waals surface area contributed by atoms with E-state index in [4.69, 9.17) is 5.11 Å². The minimum atomic E-state index is -0.794. The highest BCUT2D eigenvalue weighted by Crippen LogP contribution is 2.39. The Balaban J connectivity index is 4.98. The molecule has 2 N–H and O–H groups in total. The molecule has 0 aromatic heterocycles. The summed E-state index contributed by atoms with van der Waals surface area (Å²) in [5.41, 5.74) is 0.0453. The highest BCUT2D eigenvalue weighted by atomic mass is 32.2. The quantitative estimate of drug-likeness (QED) is 0.718. The Morgan fingerprint density at radius 3 is 2.05 bits per heavy atom. The number of carbonyl (C=O) groups excluding carboxylic acids is 1. The molecule has 0 aromatic carbocycles. The zero-order valence-electron chi connectivity index (χ0n) is 14.4. The van der Waals surface area contributed by atoms with E-state index < -0.39 is 5.97 Å². The van der Waals surface area contributed by atoms with Gasteiger partial charge in [0, 0.05) is 16.5 Å². The first-order valence-corrected chi connectivity index (χ1v) is 8.50. The number of amides is 1. The zero-order chi connectivity index (χ0) is 16.8. The largest absolute Gasteiger partial charge is 0.481 e. The number of thioether (sulfide) groups is 1. The third kappa shape index (κ3) is 9.02. The van der Waals surface area contributed by atoms with Gasteiger partial charge in [0.25, 0.3) is 0 Å². The van der Waals surface area contributed by atoms with Crippen molar-refractivity contribution in [2.45, 2.75) is 72.1 Å². The number of carbonyl (C=O) groups is 2. The van der Waals surface area contributed by atoms with Crippen molar-refractivity contribution in [3.05, 3.63) is 0 Å². The monoisotopic (exact) mass is 317 g/mol. The van der Waals surface area contributed by atoms with E-state index in [1.807, 2.05) is 27.7 Å². The van der Waals surface area contributed by atoms with Gasteiger partial charge in [-0.15, -0.1) is 0 Å². The Morgan fingerprint density at radius 2 is 1.67 bits per heavy atom. The number of hydrogen-bond donors (Lipinski definition) is 2. The second-order valence-electron chi connectivity index (χ2n) is 7.58. The maximum Gasteiger partial charge on any atom is 0.304 e. The molecule has 1 amide bonds. The summed E-state index contributed by atoms with van der Waals surface area (Å²) in [6.07, 6.45) is 0.904. The normalized spacial score (nSPS) is 14.1. The minimum Gasteiger partial charge on any atom is -0.481 e. The lowest BCUT2D eigenvalue weighted by Gasteiger charge is -2.37. The van der Waals surface area contributed by atoms with Gasteiger partial charge in [0.15, 0.2) is 0 Å². The molecule has 0 aromatic rings. The van der Waals surface area contributed by atoms with Gasteiger partial charge < -0.3 is 10.4 Å². The number of carboxylic acid groups (broad SMARTS) is 1. The molecule has 5 heteroatoms. The summed E-state index contributed by atoms with van der Waals surface area (Å²) >= 11 is 1.57. The molecular weight excluding hydrogens is 286 g/mol. The summed E-state index contributed by atoms with van der Waals surface area (Å²) in [6.45, 7) is 14.4.